The van der Waals surface area contributed by atoms with Crippen LogP contribution in [0.4, 0.5) is 0 Å². The molecule has 3 aromatic rings. The Morgan fingerprint density at radius 1 is 1.36 bits per heavy atom. The Kier molecular flexibility index (Phi) is 3.96. The van der Waals surface area contributed by atoms with Crippen molar-refractivity contribution in [3.05, 3.63) is 44.1 Å². The van der Waals surface area contributed by atoms with Gasteiger partial charge < -0.3 is 4.90 Å². The maximum Gasteiger partial charge on any atom is 0.293 e. The van der Waals surface area contributed by atoms with E-state index in [1.807, 2.05) is 32.0 Å². The number of halogens is 1. The molecule has 3 heterocycles. The van der Waals surface area contributed by atoms with E-state index in [2.05, 4.69) is 31.0 Å². The predicted octanol–water partition coefficient (Wildman–Crippen LogP) is 2.84. The van der Waals surface area contributed by atoms with Gasteiger partial charge in [-0.3, -0.25) is 4.79 Å². The van der Waals surface area contributed by atoms with Gasteiger partial charge in [-0.15, -0.1) is 16.4 Å². The molecule has 0 N–H and O–H groups in total. The van der Waals surface area contributed by atoms with Gasteiger partial charge in [0.15, 0.2) is 0 Å². The molecule has 1 amide bonds. The van der Waals surface area contributed by atoms with Crippen molar-refractivity contribution in [2.24, 2.45) is 0 Å². The van der Waals surface area contributed by atoms with E-state index in [-0.39, 0.29) is 11.7 Å². The summed E-state index contributed by atoms with van der Waals surface area (Å²) in [4.78, 5) is 23.7. The average molecular weight is 380 g/mol. The van der Waals surface area contributed by atoms with Crippen molar-refractivity contribution < 1.29 is 4.79 Å². The van der Waals surface area contributed by atoms with Gasteiger partial charge in [-0.1, -0.05) is 0 Å². The van der Waals surface area contributed by atoms with E-state index in [1.165, 1.54) is 0 Å². The first-order valence-corrected chi connectivity index (χ1v) is 8.25. The van der Waals surface area contributed by atoms with Crippen LogP contribution in [-0.4, -0.2) is 37.4 Å². The number of aromatic nitrogens is 4. The van der Waals surface area contributed by atoms with Gasteiger partial charge in [0.25, 0.3) is 11.7 Å². The quantitative estimate of drug-likeness (QED) is 0.701. The Bertz CT molecular complexity index is 856. The van der Waals surface area contributed by atoms with Crippen molar-refractivity contribution in [2.45, 2.75) is 20.4 Å². The molecule has 114 valence electrons. The maximum absolute atomic E-state index is 12.5. The largest absolute Gasteiger partial charge is 0.334 e. The fourth-order valence-corrected chi connectivity index (χ4v) is 3.71. The predicted molar refractivity (Wildman–Crippen MR) is 88.1 cm³/mol. The standard InChI is InChI=1S/C14H14BrN5OS/c1-8-6-9(2)20-14(16-8)17-12(18-20)13(21)19(3)7-10-4-5-11(15)22-10/h4-6H,7H2,1-3H3. The fourth-order valence-electron chi connectivity index (χ4n) is 2.17. The number of nitrogens with zero attached hydrogens (tertiary/aromatic N) is 5. The van der Waals surface area contributed by atoms with Crippen LogP contribution in [0.5, 0.6) is 0 Å². The van der Waals surface area contributed by atoms with E-state index in [1.54, 1.807) is 27.8 Å². The summed E-state index contributed by atoms with van der Waals surface area (Å²) >= 11 is 5.02. The lowest BCUT2D eigenvalue weighted by Crippen LogP contribution is -2.26. The summed E-state index contributed by atoms with van der Waals surface area (Å²) in [5.41, 5.74) is 1.76. The van der Waals surface area contributed by atoms with Gasteiger partial charge in [0.1, 0.15) is 0 Å². The lowest BCUT2D eigenvalue weighted by atomic mass is 10.4. The van der Waals surface area contributed by atoms with Crippen LogP contribution in [-0.2, 0) is 6.54 Å². The van der Waals surface area contributed by atoms with Crippen LogP contribution in [0.3, 0.4) is 0 Å². The van der Waals surface area contributed by atoms with E-state index in [0.717, 1.165) is 20.1 Å². The van der Waals surface area contributed by atoms with Crippen LogP contribution in [0.15, 0.2) is 22.0 Å². The topological polar surface area (TPSA) is 63.4 Å². The molecular formula is C14H14BrN5OS. The molecule has 0 atom stereocenters. The monoisotopic (exact) mass is 379 g/mol. The second-order valence-electron chi connectivity index (χ2n) is 5.05. The number of carbonyl (C=O) groups is 1. The Morgan fingerprint density at radius 3 is 2.82 bits per heavy atom. The van der Waals surface area contributed by atoms with Crippen molar-refractivity contribution in [2.75, 3.05) is 7.05 Å². The molecule has 0 radical (unpaired) electrons. The summed E-state index contributed by atoms with van der Waals surface area (Å²) in [5.74, 6) is 0.402. The van der Waals surface area contributed by atoms with E-state index in [9.17, 15) is 4.79 Å². The second-order valence-corrected chi connectivity index (χ2v) is 7.60. The Balaban J connectivity index is 1.86. The second kappa shape index (κ2) is 5.77. The minimum atomic E-state index is -0.216. The molecule has 0 aliphatic rings. The summed E-state index contributed by atoms with van der Waals surface area (Å²) in [6.07, 6.45) is 0. The highest BCUT2D eigenvalue weighted by atomic mass is 79.9. The molecule has 3 rings (SSSR count). The van der Waals surface area contributed by atoms with Gasteiger partial charge in [0.05, 0.1) is 10.3 Å². The average Bonchev–Trinajstić information content (AvgIpc) is 3.04. The zero-order valence-electron chi connectivity index (χ0n) is 12.4. The van der Waals surface area contributed by atoms with Gasteiger partial charge in [-0.2, -0.15) is 4.98 Å². The highest BCUT2D eigenvalue weighted by Gasteiger charge is 2.19. The molecule has 0 unspecified atom stereocenters. The van der Waals surface area contributed by atoms with Crippen molar-refractivity contribution in [1.29, 1.82) is 0 Å². The van der Waals surface area contributed by atoms with Gasteiger partial charge >= 0.3 is 0 Å². The lowest BCUT2D eigenvalue weighted by Gasteiger charge is -2.13. The third kappa shape index (κ3) is 2.89. The number of hydrogen-bond acceptors (Lipinski definition) is 5. The number of aryl methyl sites for hydroxylation is 2. The third-order valence-electron chi connectivity index (χ3n) is 3.18. The summed E-state index contributed by atoms with van der Waals surface area (Å²) < 4.78 is 2.64. The summed E-state index contributed by atoms with van der Waals surface area (Å²) in [7, 11) is 1.74. The van der Waals surface area contributed by atoms with Crippen LogP contribution in [0.1, 0.15) is 26.9 Å². The molecule has 8 heteroatoms. The van der Waals surface area contributed by atoms with Crippen LogP contribution < -0.4 is 0 Å². The highest BCUT2D eigenvalue weighted by molar-refractivity contribution is 9.11. The van der Waals surface area contributed by atoms with E-state index in [4.69, 9.17) is 0 Å². The fraction of sp³-hybridized carbons (Fsp3) is 0.286. The number of fused-ring (bicyclic) bond motifs is 1. The van der Waals surface area contributed by atoms with E-state index in [0.29, 0.717) is 12.3 Å². The minimum absolute atomic E-state index is 0.166. The number of thiophene rings is 1. The Morgan fingerprint density at radius 2 is 2.14 bits per heavy atom. The van der Waals surface area contributed by atoms with Crippen LogP contribution in [0.25, 0.3) is 5.78 Å². The van der Waals surface area contributed by atoms with Gasteiger partial charge in [-0.25, -0.2) is 9.50 Å². The van der Waals surface area contributed by atoms with Crippen molar-refractivity contribution >= 4 is 39.0 Å². The molecule has 0 aromatic carbocycles. The summed E-state index contributed by atoms with van der Waals surface area (Å²) in [6, 6.07) is 5.87. The molecule has 6 nitrogen and oxygen atoms in total. The van der Waals surface area contributed by atoms with Crippen molar-refractivity contribution in [3.8, 4) is 0 Å². The van der Waals surface area contributed by atoms with Crippen LogP contribution >= 0.6 is 27.3 Å². The van der Waals surface area contributed by atoms with Crippen LogP contribution in [0.2, 0.25) is 0 Å². The van der Waals surface area contributed by atoms with Crippen LogP contribution in [0, 0.1) is 13.8 Å². The number of rotatable bonds is 3. The normalized spacial score (nSPS) is 11.1. The molecular weight excluding hydrogens is 366 g/mol. The molecule has 0 saturated carbocycles. The maximum atomic E-state index is 12.5. The third-order valence-corrected chi connectivity index (χ3v) is 4.79. The Labute approximate surface area is 139 Å². The zero-order chi connectivity index (χ0) is 15.9. The molecule has 0 aliphatic carbocycles. The molecule has 22 heavy (non-hydrogen) atoms. The first-order valence-electron chi connectivity index (χ1n) is 6.65. The number of amides is 1. The number of carbonyl (C=O) groups excluding carboxylic acids is 1. The van der Waals surface area contributed by atoms with Crippen molar-refractivity contribution in [3.63, 3.8) is 0 Å². The molecule has 0 fully saturated rings. The molecule has 3 aromatic heterocycles. The minimum Gasteiger partial charge on any atom is -0.334 e. The first kappa shape index (κ1) is 15.1. The Hall–Kier alpha value is -1.80. The lowest BCUT2D eigenvalue weighted by molar-refractivity contribution is 0.0774. The van der Waals surface area contributed by atoms with E-state index >= 15 is 0 Å². The van der Waals surface area contributed by atoms with Crippen molar-refractivity contribution in [1.82, 2.24) is 24.5 Å². The molecule has 0 spiro atoms. The summed E-state index contributed by atoms with van der Waals surface area (Å²) in [6.45, 7) is 4.33. The smallest absolute Gasteiger partial charge is 0.293 e. The van der Waals surface area contributed by atoms with Gasteiger partial charge in [-0.05, 0) is 48.0 Å². The summed E-state index contributed by atoms with van der Waals surface area (Å²) in [5, 5.41) is 4.27. The molecule has 0 aliphatic heterocycles. The van der Waals surface area contributed by atoms with E-state index < -0.39 is 0 Å². The van der Waals surface area contributed by atoms with Gasteiger partial charge in [0.2, 0.25) is 5.82 Å². The van der Waals surface area contributed by atoms with Gasteiger partial charge in [0, 0.05) is 23.3 Å². The highest BCUT2D eigenvalue weighted by Crippen LogP contribution is 2.23. The molecule has 0 bridgehead atoms. The number of hydrogen-bond donors (Lipinski definition) is 0. The zero-order valence-corrected chi connectivity index (χ0v) is 14.8. The first-order chi connectivity index (χ1) is 10.4. The SMILES string of the molecule is Cc1cc(C)n2nc(C(=O)N(C)Cc3ccc(Br)s3)nc2n1. The molecule has 0 saturated heterocycles.